The van der Waals surface area contributed by atoms with Crippen molar-refractivity contribution in [3.8, 4) is 16.9 Å². The second-order valence-electron chi connectivity index (χ2n) is 5.79. The minimum Gasteiger partial charge on any atom is -0.494 e. The molecule has 5 heteroatoms. The molecule has 2 aromatic carbocycles. The van der Waals surface area contributed by atoms with Gasteiger partial charge in [0.05, 0.1) is 18.7 Å². The standard InChI is InChI=1S/C19H20N4O.C2H6/c1-2-24-14-6-3-12(4-7-14)13-5-8-16-15(11-13)17(18(20)23-16)19-21-9-10-22-19;1-2/h3-8,11,23H,2,9-10,20H2,1H3,(H,21,22);1-2H3. The SMILES string of the molecule is CC.CCOc1ccc(-c2ccc3[nH]c(N)c(C4=NCCN4)c3c2)cc1. The molecule has 136 valence electrons. The second kappa shape index (κ2) is 7.95. The van der Waals surface area contributed by atoms with E-state index in [0.717, 1.165) is 52.3 Å². The van der Waals surface area contributed by atoms with Crippen LogP contribution in [0.3, 0.4) is 0 Å². The van der Waals surface area contributed by atoms with Crippen molar-refractivity contribution in [2.45, 2.75) is 20.8 Å². The van der Waals surface area contributed by atoms with Crippen LogP contribution in [-0.2, 0) is 0 Å². The molecule has 5 nitrogen and oxygen atoms in total. The van der Waals surface area contributed by atoms with Crippen molar-refractivity contribution in [3.63, 3.8) is 0 Å². The number of ether oxygens (including phenoxy) is 1. The van der Waals surface area contributed by atoms with Gasteiger partial charge in [-0.1, -0.05) is 32.0 Å². The number of hydrogen-bond acceptors (Lipinski definition) is 4. The van der Waals surface area contributed by atoms with E-state index in [1.165, 1.54) is 0 Å². The highest BCUT2D eigenvalue weighted by Crippen LogP contribution is 2.30. The van der Waals surface area contributed by atoms with E-state index in [4.69, 9.17) is 10.5 Å². The zero-order valence-corrected chi connectivity index (χ0v) is 15.6. The molecular formula is C21H26N4O. The van der Waals surface area contributed by atoms with Gasteiger partial charge >= 0.3 is 0 Å². The Kier molecular flexibility index (Phi) is 5.46. The number of nitrogen functional groups attached to an aromatic ring is 1. The number of hydrogen-bond donors (Lipinski definition) is 3. The van der Waals surface area contributed by atoms with Crippen LogP contribution in [0.2, 0.25) is 0 Å². The van der Waals surface area contributed by atoms with E-state index in [-0.39, 0.29) is 0 Å². The van der Waals surface area contributed by atoms with E-state index in [1.807, 2.05) is 32.9 Å². The van der Waals surface area contributed by atoms with E-state index in [1.54, 1.807) is 0 Å². The fourth-order valence-corrected chi connectivity index (χ4v) is 3.12. The van der Waals surface area contributed by atoms with Gasteiger partial charge in [0.25, 0.3) is 0 Å². The van der Waals surface area contributed by atoms with Crippen LogP contribution in [0.4, 0.5) is 5.82 Å². The lowest BCUT2D eigenvalue weighted by Crippen LogP contribution is -2.20. The third-order valence-electron chi connectivity index (χ3n) is 4.24. The van der Waals surface area contributed by atoms with Gasteiger partial charge in [0, 0.05) is 17.4 Å². The number of fused-ring (bicyclic) bond motifs is 1. The number of nitrogens with two attached hydrogens (primary N) is 1. The molecule has 1 aromatic heterocycles. The Bertz CT molecular complexity index is 910. The van der Waals surface area contributed by atoms with Gasteiger partial charge in [-0.2, -0.15) is 0 Å². The van der Waals surface area contributed by atoms with E-state index in [2.05, 4.69) is 45.6 Å². The van der Waals surface area contributed by atoms with Crippen LogP contribution in [0.25, 0.3) is 22.0 Å². The lowest BCUT2D eigenvalue weighted by molar-refractivity contribution is 0.340. The molecule has 0 unspecified atom stereocenters. The summed E-state index contributed by atoms with van der Waals surface area (Å²) in [5.41, 5.74) is 10.5. The monoisotopic (exact) mass is 350 g/mol. The largest absolute Gasteiger partial charge is 0.494 e. The van der Waals surface area contributed by atoms with Crippen molar-refractivity contribution >= 4 is 22.6 Å². The predicted molar refractivity (Wildman–Crippen MR) is 110 cm³/mol. The quantitative estimate of drug-likeness (QED) is 0.660. The summed E-state index contributed by atoms with van der Waals surface area (Å²) in [4.78, 5) is 7.76. The molecular weight excluding hydrogens is 324 g/mol. The van der Waals surface area contributed by atoms with Gasteiger partial charge in [-0.25, -0.2) is 0 Å². The van der Waals surface area contributed by atoms with Gasteiger partial charge in [-0.3, -0.25) is 4.99 Å². The average Bonchev–Trinajstić information content (AvgIpc) is 3.30. The van der Waals surface area contributed by atoms with E-state index >= 15 is 0 Å². The maximum atomic E-state index is 6.18. The highest BCUT2D eigenvalue weighted by molar-refractivity contribution is 6.14. The summed E-state index contributed by atoms with van der Waals surface area (Å²) in [5.74, 6) is 2.42. The fourth-order valence-electron chi connectivity index (χ4n) is 3.12. The predicted octanol–water partition coefficient (Wildman–Crippen LogP) is 4.19. The Morgan fingerprint density at radius 1 is 1.08 bits per heavy atom. The van der Waals surface area contributed by atoms with Crippen LogP contribution >= 0.6 is 0 Å². The Morgan fingerprint density at radius 3 is 2.46 bits per heavy atom. The topological polar surface area (TPSA) is 75.4 Å². The van der Waals surface area contributed by atoms with Crippen molar-refractivity contribution in [1.82, 2.24) is 10.3 Å². The number of benzene rings is 2. The van der Waals surface area contributed by atoms with Crippen molar-refractivity contribution < 1.29 is 4.74 Å². The highest BCUT2D eigenvalue weighted by atomic mass is 16.5. The minimum atomic E-state index is 0.655. The van der Waals surface area contributed by atoms with Crippen LogP contribution in [0.5, 0.6) is 5.75 Å². The third-order valence-corrected chi connectivity index (χ3v) is 4.24. The molecule has 0 bridgehead atoms. The van der Waals surface area contributed by atoms with Crippen LogP contribution in [0.1, 0.15) is 26.3 Å². The minimum absolute atomic E-state index is 0.655. The van der Waals surface area contributed by atoms with Crippen LogP contribution in [0, 0.1) is 0 Å². The smallest absolute Gasteiger partial charge is 0.132 e. The molecule has 4 rings (SSSR count). The van der Waals surface area contributed by atoms with Crippen molar-refractivity contribution in [3.05, 3.63) is 48.0 Å². The van der Waals surface area contributed by atoms with Crippen LogP contribution < -0.4 is 15.8 Å². The lowest BCUT2D eigenvalue weighted by atomic mass is 10.0. The highest BCUT2D eigenvalue weighted by Gasteiger charge is 2.17. The first-order valence-electron chi connectivity index (χ1n) is 9.19. The van der Waals surface area contributed by atoms with Gasteiger partial charge in [0.15, 0.2) is 0 Å². The van der Waals surface area contributed by atoms with Crippen LogP contribution in [-0.4, -0.2) is 30.5 Å². The van der Waals surface area contributed by atoms with Gasteiger partial charge in [0.1, 0.15) is 17.4 Å². The van der Waals surface area contributed by atoms with Gasteiger partial charge in [-0.15, -0.1) is 0 Å². The summed E-state index contributed by atoms with van der Waals surface area (Å²) in [6.07, 6.45) is 0. The molecule has 0 saturated heterocycles. The zero-order chi connectivity index (χ0) is 18.5. The number of amidine groups is 1. The van der Waals surface area contributed by atoms with Crippen LogP contribution in [0.15, 0.2) is 47.5 Å². The van der Waals surface area contributed by atoms with E-state index < -0.39 is 0 Å². The summed E-state index contributed by atoms with van der Waals surface area (Å²) < 4.78 is 5.51. The number of H-pyrrole nitrogens is 1. The molecule has 3 aromatic rings. The van der Waals surface area contributed by atoms with Gasteiger partial charge < -0.3 is 20.8 Å². The summed E-state index contributed by atoms with van der Waals surface area (Å²) in [7, 11) is 0. The number of aliphatic imine (C=N–C) groups is 1. The Labute approximate surface area is 154 Å². The molecule has 0 saturated carbocycles. The zero-order valence-electron chi connectivity index (χ0n) is 15.6. The number of nitrogens with zero attached hydrogens (tertiary/aromatic N) is 1. The van der Waals surface area contributed by atoms with Crippen molar-refractivity contribution in [2.75, 3.05) is 25.4 Å². The number of rotatable bonds is 4. The molecule has 1 aliphatic heterocycles. The molecule has 0 aliphatic carbocycles. The number of nitrogens with one attached hydrogen (secondary N) is 2. The summed E-state index contributed by atoms with van der Waals surface area (Å²) >= 11 is 0. The first kappa shape index (κ1) is 17.9. The molecule has 0 radical (unpaired) electrons. The van der Waals surface area contributed by atoms with E-state index in [9.17, 15) is 0 Å². The first-order chi connectivity index (χ1) is 12.8. The Morgan fingerprint density at radius 2 is 1.81 bits per heavy atom. The van der Waals surface area contributed by atoms with Gasteiger partial charge in [-0.05, 0) is 42.3 Å². The Balaban J connectivity index is 0.000000948. The Hall–Kier alpha value is -2.95. The molecule has 26 heavy (non-hydrogen) atoms. The number of aromatic amines is 1. The third kappa shape index (κ3) is 3.38. The molecule has 0 atom stereocenters. The number of anilines is 1. The second-order valence-corrected chi connectivity index (χ2v) is 5.79. The fraction of sp³-hybridized carbons (Fsp3) is 0.286. The van der Waals surface area contributed by atoms with Crippen molar-refractivity contribution in [2.24, 2.45) is 4.99 Å². The molecule has 0 fully saturated rings. The summed E-state index contributed by atoms with van der Waals surface area (Å²) in [5, 5.41) is 4.40. The van der Waals surface area contributed by atoms with Gasteiger partial charge in [0.2, 0.25) is 0 Å². The molecule has 2 heterocycles. The molecule has 0 amide bonds. The normalized spacial score (nSPS) is 13.0. The van der Waals surface area contributed by atoms with E-state index in [0.29, 0.717) is 12.4 Å². The average molecular weight is 350 g/mol. The number of aromatic nitrogens is 1. The van der Waals surface area contributed by atoms with Crippen molar-refractivity contribution in [1.29, 1.82) is 0 Å². The summed E-state index contributed by atoms with van der Waals surface area (Å²) in [6.45, 7) is 8.31. The maximum absolute atomic E-state index is 6.18. The summed E-state index contributed by atoms with van der Waals surface area (Å²) in [6, 6.07) is 14.5. The lowest BCUT2D eigenvalue weighted by Gasteiger charge is -2.07. The first-order valence-corrected chi connectivity index (χ1v) is 9.19. The molecule has 4 N–H and O–H groups in total. The molecule has 0 spiro atoms. The molecule has 1 aliphatic rings. The maximum Gasteiger partial charge on any atom is 0.132 e.